The van der Waals surface area contributed by atoms with Gasteiger partial charge in [-0.15, -0.1) is 0 Å². The number of nitrogens with one attached hydrogen (secondary N) is 1. The second-order valence-corrected chi connectivity index (χ2v) is 6.88. The lowest BCUT2D eigenvalue weighted by atomic mass is 10.1. The van der Waals surface area contributed by atoms with Crippen LogP contribution in [0.15, 0.2) is 59.4 Å². The molecule has 30 heavy (non-hydrogen) atoms. The first kappa shape index (κ1) is 19.1. The van der Waals surface area contributed by atoms with Gasteiger partial charge in [0, 0.05) is 16.8 Å². The number of fused-ring (bicyclic) bond motifs is 1. The molecule has 0 aliphatic rings. The molecule has 1 amide bonds. The van der Waals surface area contributed by atoms with Crippen molar-refractivity contribution in [1.29, 1.82) is 5.26 Å². The Morgan fingerprint density at radius 2 is 1.80 bits per heavy atom. The van der Waals surface area contributed by atoms with Crippen LogP contribution in [0, 0.1) is 25.2 Å². The highest BCUT2D eigenvalue weighted by molar-refractivity contribution is 6.05. The van der Waals surface area contributed by atoms with Gasteiger partial charge in [0.05, 0.1) is 18.2 Å². The number of carbonyl (C=O) groups excluding carboxylic acids is 1. The molecule has 0 aliphatic heterocycles. The summed E-state index contributed by atoms with van der Waals surface area (Å²) in [5.74, 6) is 0.132. The van der Waals surface area contributed by atoms with Crippen LogP contribution in [0.3, 0.4) is 0 Å². The molecule has 8 nitrogen and oxygen atoms in total. The number of H-pyrrole nitrogens is 1. The summed E-state index contributed by atoms with van der Waals surface area (Å²) in [4.78, 5) is 36.0. The first-order chi connectivity index (χ1) is 14.5. The van der Waals surface area contributed by atoms with Gasteiger partial charge >= 0.3 is 0 Å². The minimum atomic E-state index is -0.277. The van der Waals surface area contributed by atoms with Crippen molar-refractivity contribution in [2.24, 2.45) is 0 Å². The number of hydrogen-bond acceptors (Lipinski definition) is 5. The first-order valence-corrected chi connectivity index (χ1v) is 9.30. The molecule has 4 aromatic rings. The molecule has 8 heteroatoms. The van der Waals surface area contributed by atoms with E-state index >= 15 is 0 Å². The Hall–Kier alpha value is -4.25. The number of hydrogen-bond donors (Lipinski definition) is 1. The highest BCUT2D eigenvalue weighted by Crippen LogP contribution is 2.18. The molecule has 0 saturated carbocycles. The fourth-order valence-corrected chi connectivity index (χ4v) is 3.06. The minimum absolute atomic E-state index is 0.198. The number of rotatable bonds is 4. The second-order valence-electron chi connectivity index (χ2n) is 6.88. The zero-order valence-electron chi connectivity index (χ0n) is 16.5. The fraction of sp³-hybridized carbons (Fsp3) is 0.136. The van der Waals surface area contributed by atoms with E-state index in [-0.39, 0.29) is 29.7 Å². The third-order valence-corrected chi connectivity index (χ3v) is 4.90. The quantitative estimate of drug-likeness (QED) is 0.569. The number of nitriles is 1. The van der Waals surface area contributed by atoms with Crippen molar-refractivity contribution in [3.05, 3.63) is 92.9 Å². The van der Waals surface area contributed by atoms with E-state index in [0.29, 0.717) is 22.4 Å². The van der Waals surface area contributed by atoms with Crippen LogP contribution in [-0.4, -0.2) is 25.5 Å². The lowest BCUT2D eigenvalue weighted by molar-refractivity contribution is 0.0983. The molecule has 0 radical (unpaired) electrons. The van der Waals surface area contributed by atoms with Gasteiger partial charge in [-0.2, -0.15) is 14.8 Å². The number of carbonyl (C=O) groups is 1. The average Bonchev–Trinajstić information content (AvgIpc) is 3.20. The maximum Gasteiger partial charge on any atom is 0.277 e. The number of nitrogens with zero attached hydrogens (tertiary/aromatic N) is 5. The molecule has 2 aromatic heterocycles. The molecule has 2 aromatic carbocycles. The maximum atomic E-state index is 13.3. The predicted molar refractivity (Wildman–Crippen MR) is 111 cm³/mol. The summed E-state index contributed by atoms with van der Waals surface area (Å²) in [6.07, 6.45) is 0. The van der Waals surface area contributed by atoms with E-state index in [0.717, 1.165) is 5.56 Å². The maximum absolute atomic E-state index is 13.3. The van der Waals surface area contributed by atoms with Crippen LogP contribution in [0.25, 0.3) is 5.78 Å². The Morgan fingerprint density at radius 1 is 1.10 bits per heavy atom. The average molecular weight is 398 g/mol. The smallest absolute Gasteiger partial charge is 0.272 e. The Balaban J connectivity index is 1.81. The van der Waals surface area contributed by atoms with Gasteiger partial charge < -0.3 is 0 Å². The summed E-state index contributed by atoms with van der Waals surface area (Å²) in [5, 5.41) is 11.9. The lowest BCUT2D eigenvalue weighted by Crippen LogP contribution is -2.31. The van der Waals surface area contributed by atoms with Crippen molar-refractivity contribution in [2.75, 3.05) is 4.90 Å². The molecule has 0 unspecified atom stereocenters. The van der Waals surface area contributed by atoms with E-state index in [2.05, 4.69) is 21.1 Å². The molecule has 0 saturated heterocycles. The predicted octanol–water partition coefficient (Wildman–Crippen LogP) is 2.75. The number of aromatic nitrogens is 4. The number of anilines is 1. The third kappa shape index (κ3) is 3.44. The van der Waals surface area contributed by atoms with E-state index in [1.54, 1.807) is 62.4 Å². The fourth-order valence-electron chi connectivity index (χ4n) is 3.06. The topological polar surface area (TPSA) is 107 Å². The monoisotopic (exact) mass is 398 g/mol. The van der Waals surface area contributed by atoms with Gasteiger partial charge in [-0.1, -0.05) is 30.3 Å². The Morgan fingerprint density at radius 3 is 2.47 bits per heavy atom. The van der Waals surface area contributed by atoms with Crippen LogP contribution in [-0.2, 0) is 6.54 Å². The van der Waals surface area contributed by atoms with Gasteiger partial charge in [-0.3, -0.25) is 19.6 Å². The minimum Gasteiger partial charge on any atom is -0.272 e. The third-order valence-electron chi connectivity index (χ3n) is 4.90. The molecule has 148 valence electrons. The second kappa shape index (κ2) is 7.64. The highest BCUT2D eigenvalue weighted by Gasteiger charge is 2.22. The van der Waals surface area contributed by atoms with Gasteiger partial charge in [-0.25, -0.2) is 4.98 Å². The molecule has 0 atom stereocenters. The zero-order valence-corrected chi connectivity index (χ0v) is 16.5. The van der Waals surface area contributed by atoms with Crippen molar-refractivity contribution >= 4 is 17.6 Å². The van der Waals surface area contributed by atoms with Crippen LogP contribution in [0.1, 0.15) is 32.7 Å². The van der Waals surface area contributed by atoms with Crippen molar-refractivity contribution in [2.45, 2.75) is 20.4 Å². The number of aryl methyl sites for hydroxylation is 1. The Kier molecular flexibility index (Phi) is 4.86. The van der Waals surface area contributed by atoms with E-state index in [4.69, 9.17) is 5.26 Å². The Labute approximate surface area is 172 Å². The van der Waals surface area contributed by atoms with Crippen LogP contribution < -0.4 is 10.5 Å². The van der Waals surface area contributed by atoms with Crippen LogP contribution >= 0.6 is 0 Å². The van der Waals surface area contributed by atoms with Crippen molar-refractivity contribution in [3.8, 4) is 6.07 Å². The van der Waals surface area contributed by atoms with E-state index in [1.165, 1.54) is 9.42 Å². The van der Waals surface area contributed by atoms with E-state index in [9.17, 15) is 9.59 Å². The lowest BCUT2D eigenvalue weighted by Gasteiger charge is -2.20. The van der Waals surface area contributed by atoms with Crippen LogP contribution in [0.5, 0.6) is 0 Å². The number of aromatic amines is 1. The number of amides is 1. The highest BCUT2D eigenvalue weighted by atomic mass is 16.2. The summed E-state index contributed by atoms with van der Waals surface area (Å²) in [6, 6.07) is 17.9. The molecule has 0 aliphatic carbocycles. The van der Waals surface area contributed by atoms with Crippen molar-refractivity contribution in [1.82, 2.24) is 19.6 Å². The summed E-state index contributed by atoms with van der Waals surface area (Å²) >= 11 is 0. The molecule has 4 rings (SSSR count). The molecule has 0 fully saturated rings. The van der Waals surface area contributed by atoms with Crippen LogP contribution in [0.4, 0.5) is 5.95 Å². The SMILES string of the molecule is Cc1nc2nc(N(Cc3ccc(C#N)cc3)C(=O)c3ccccc3)[nH]n2c(=O)c1C. The van der Waals surface area contributed by atoms with Gasteiger partial charge in [-0.05, 0) is 43.7 Å². The number of benzene rings is 2. The largest absolute Gasteiger partial charge is 0.277 e. The summed E-state index contributed by atoms with van der Waals surface area (Å²) < 4.78 is 1.24. The summed E-state index contributed by atoms with van der Waals surface area (Å²) in [6.45, 7) is 3.64. The van der Waals surface area contributed by atoms with Gasteiger partial charge in [0.25, 0.3) is 17.2 Å². The molecular formula is C22H18N6O2. The van der Waals surface area contributed by atoms with Crippen molar-refractivity contribution in [3.63, 3.8) is 0 Å². The summed E-state index contributed by atoms with van der Waals surface area (Å²) in [7, 11) is 0. The molecule has 0 bridgehead atoms. The molecule has 0 spiro atoms. The summed E-state index contributed by atoms with van der Waals surface area (Å²) in [5.41, 5.74) is 2.67. The molecule has 1 N–H and O–H groups in total. The first-order valence-electron chi connectivity index (χ1n) is 9.30. The van der Waals surface area contributed by atoms with Gasteiger partial charge in [0.1, 0.15) is 0 Å². The molecular weight excluding hydrogens is 380 g/mol. The normalized spacial score (nSPS) is 10.7. The zero-order chi connectivity index (χ0) is 21.3. The van der Waals surface area contributed by atoms with E-state index in [1.807, 2.05) is 6.07 Å². The standard InChI is InChI=1S/C22H18N6O2/c1-14-15(2)24-21-25-22(26-28(21)19(14)29)27(20(30)18-6-4-3-5-7-18)13-17-10-8-16(12-23)9-11-17/h3-11H,13H2,1-2H3,(H,24,25,26). The van der Waals surface area contributed by atoms with Crippen LogP contribution in [0.2, 0.25) is 0 Å². The van der Waals surface area contributed by atoms with Gasteiger partial charge in [0.2, 0.25) is 5.95 Å². The van der Waals surface area contributed by atoms with Crippen molar-refractivity contribution < 1.29 is 4.79 Å². The van der Waals surface area contributed by atoms with Gasteiger partial charge in [0.15, 0.2) is 0 Å². The Bertz CT molecular complexity index is 1330. The van der Waals surface area contributed by atoms with E-state index < -0.39 is 0 Å². The molecule has 2 heterocycles.